The van der Waals surface area contributed by atoms with Crippen molar-refractivity contribution in [3.05, 3.63) is 47.3 Å². The van der Waals surface area contributed by atoms with E-state index in [-0.39, 0.29) is 24.4 Å². The van der Waals surface area contributed by atoms with E-state index in [4.69, 9.17) is 4.74 Å². The summed E-state index contributed by atoms with van der Waals surface area (Å²) in [5.41, 5.74) is 2.91. The molecule has 2 N–H and O–H groups in total. The lowest BCUT2D eigenvalue weighted by atomic mass is 10.0. The van der Waals surface area contributed by atoms with E-state index in [0.29, 0.717) is 0 Å². The van der Waals surface area contributed by atoms with E-state index in [1.54, 1.807) is 25.0 Å². The summed E-state index contributed by atoms with van der Waals surface area (Å²) in [7, 11) is 5.22. The van der Waals surface area contributed by atoms with Crippen molar-refractivity contribution in [2.45, 2.75) is 25.9 Å². The average Bonchev–Trinajstić information content (AvgIpc) is 2.94. The molecule has 2 atom stereocenters. The number of hydrogen-bond acceptors (Lipinski definition) is 4. The summed E-state index contributed by atoms with van der Waals surface area (Å²) in [6, 6.07) is 5.33. The molecule has 1 aromatic heterocycles. The van der Waals surface area contributed by atoms with Crippen molar-refractivity contribution in [3.63, 3.8) is 0 Å². The number of ether oxygens (including phenoxy) is 1. The number of amides is 1. The zero-order chi connectivity index (χ0) is 17.0. The standard InChI is InChI=1S/C17H24N4O2.ClH/c1-11-6-7-15(23-5)14(8-11)12(2)20-17(22)16(18-3)13-9-19-21(4)10-13;/h6-10,12,16,18H,1-5H3,(H,20,22);1H. The molecule has 0 aliphatic rings. The molecule has 0 bridgehead atoms. The molecule has 7 heteroatoms. The number of methoxy groups -OCH3 is 1. The van der Waals surface area contributed by atoms with Gasteiger partial charge in [-0.3, -0.25) is 9.48 Å². The maximum Gasteiger partial charge on any atom is 0.242 e. The molecule has 0 aliphatic carbocycles. The number of nitrogens with one attached hydrogen (secondary N) is 2. The topological polar surface area (TPSA) is 68.2 Å². The van der Waals surface area contributed by atoms with Crippen molar-refractivity contribution in [1.82, 2.24) is 20.4 Å². The molecular weight excluding hydrogens is 328 g/mol. The molecule has 2 rings (SSSR count). The summed E-state index contributed by atoms with van der Waals surface area (Å²) in [5.74, 6) is 0.669. The second kappa shape index (κ2) is 8.70. The fourth-order valence-corrected chi connectivity index (χ4v) is 2.60. The normalized spacial score (nSPS) is 12.9. The lowest BCUT2D eigenvalue weighted by molar-refractivity contribution is -0.123. The van der Waals surface area contributed by atoms with E-state index in [1.807, 2.05) is 45.3 Å². The molecule has 1 amide bonds. The minimum absolute atomic E-state index is 0. The fourth-order valence-electron chi connectivity index (χ4n) is 2.60. The maximum absolute atomic E-state index is 12.6. The lowest BCUT2D eigenvalue weighted by Gasteiger charge is -2.21. The minimum atomic E-state index is -0.443. The Morgan fingerprint density at radius 1 is 1.38 bits per heavy atom. The molecule has 24 heavy (non-hydrogen) atoms. The van der Waals surface area contributed by atoms with Crippen LogP contribution in [0.1, 0.15) is 35.7 Å². The van der Waals surface area contributed by atoms with E-state index in [2.05, 4.69) is 15.7 Å². The zero-order valence-corrected chi connectivity index (χ0v) is 15.5. The number of rotatable bonds is 6. The van der Waals surface area contributed by atoms with Crippen molar-refractivity contribution in [3.8, 4) is 5.75 Å². The smallest absolute Gasteiger partial charge is 0.242 e. The van der Waals surface area contributed by atoms with Gasteiger partial charge < -0.3 is 15.4 Å². The van der Waals surface area contributed by atoms with E-state index >= 15 is 0 Å². The largest absolute Gasteiger partial charge is 0.496 e. The third-order valence-electron chi connectivity index (χ3n) is 3.82. The van der Waals surface area contributed by atoms with Crippen molar-refractivity contribution >= 4 is 18.3 Å². The Bertz CT molecular complexity index is 687. The number of nitrogens with zero attached hydrogens (tertiary/aromatic N) is 2. The molecular formula is C17H25ClN4O2. The molecule has 0 spiro atoms. The maximum atomic E-state index is 12.6. The SMILES string of the molecule is CNC(C(=O)NC(C)c1cc(C)ccc1OC)c1cnn(C)c1.Cl. The number of benzene rings is 1. The van der Waals surface area contributed by atoms with Gasteiger partial charge in [-0.15, -0.1) is 12.4 Å². The van der Waals surface area contributed by atoms with Crippen molar-refractivity contribution in [2.75, 3.05) is 14.2 Å². The van der Waals surface area contributed by atoms with Gasteiger partial charge in [-0.2, -0.15) is 5.10 Å². The van der Waals surface area contributed by atoms with Gasteiger partial charge in [0, 0.05) is 24.4 Å². The van der Waals surface area contributed by atoms with E-state index in [0.717, 1.165) is 22.4 Å². The van der Waals surface area contributed by atoms with Crippen LogP contribution in [0.3, 0.4) is 0 Å². The summed E-state index contributed by atoms with van der Waals surface area (Å²) in [6.45, 7) is 3.97. The number of aryl methyl sites for hydroxylation is 2. The second-order valence-electron chi connectivity index (χ2n) is 5.64. The van der Waals surface area contributed by atoms with Crippen LogP contribution < -0.4 is 15.4 Å². The first-order chi connectivity index (χ1) is 11.0. The summed E-state index contributed by atoms with van der Waals surface area (Å²) in [4.78, 5) is 12.6. The number of halogens is 1. The molecule has 1 aromatic carbocycles. The quantitative estimate of drug-likeness (QED) is 0.837. The molecule has 2 aromatic rings. The monoisotopic (exact) mass is 352 g/mol. The molecule has 1 heterocycles. The van der Waals surface area contributed by atoms with Crippen molar-refractivity contribution in [2.24, 2.45) is 7.05 Å². The number of aromatic nitrogens is 2. The minimum Gasteiger partial charge on any atom is -0.496 e. The van der Waals surface area contributed by atoms with Crippen LogP contribution in [-0.2, 0) is 11.8 Å². The van der Waals surface area contributed by atoms with Crippen LogP contribution in [0.2, 0.25) is 0 Å². The molecule has 0 saturated carbocycles. The van der Waals surface area contributed by atoms with Gasteiger partial charge in [-0.05, 0) is 27.0 Å². The molecule has 132 valence electrons. The van der Waals surface area contributed by atoms with Crippen LogP contribution in [0, 0.1) is 6.92 Å². The van der Waals surface area contributed by atoms with Gasteiger partial charge in [-0.25, -0.2) is 0 Å². The predicted molar refractivity (Wildman–Crippen MR) is 96.5 cm³/mol. The summed E-state index contributed by atoms with van der Waals surface area (Å²) >= 11 is 0. The highest BCUT2D eigenvalue weighted by Gasteiger charge is 2.23. The van der Waals surface area contributed by atoms with Crippen molar-refractivity contribution in [1.29, 1.82) is 0 Å². The summed E-state index contributed by atoms with van der Waals surface area (Å²) in [6.07, 6.45) is 3.53. The number of likely N-dealkylation sites (N-methyl/N-ethyl adjacent to an activating group) is 1. The Kier molecular flexibility index (Phi) is 7.25. The highest BCUT2D eigenvalue weighted by molar-refractivity contribution is 5.85. The van der Waals surface area contributed by atoms with Gasteiger partial charge in [-0.1, -0.05) is 17.7 Å². The first-order valence-corrected chi connectivity index (χ1v) is 7.57. The molecule has 0 saturated heterocycles. The van der Waals surface area contributed by atoms with Crippen LogP contribution in [0.25, 0.3) is 0 Å². The Hall–Kier alpha value is -2.05. The number of hydrogen-bond donors (Lipinski definition) is 2. The third kappa shape index (κ3) is 4.49. The zero-order valence-electron chi connectivity index (χ0n) is 14.7. The van der Waals surface area contributed by atoms with Gasteiger partial charge in [0.25, 0.3) is 0 Å². The van der Waals surface area contributed by atoms with Crippen molar-refractivity contribution < 1.29 is 9.53 Å². The van der Waals surface area contributed by atoms with Crippen LogP contribution in [0.5, 0.6) is 5.75 Å². The summed E-state index contributed by atoms with van der Waals surface area (Å²) < 4.78 is 7.08. The van der Waals surface area contributed by atoms with Crippen LogP contribution in [-0.4, -0.2) is 29.8 Å². The summed E-state index contributed by atoms with van der Waals surface area (Å²) in [5, 5.41) is 10.2. The molecule has 2 unspecified atom stereocenters. The molecule has 0 aliphatic heterocycles. The Morgan fingerprint density at radius 3 is 2.62 bits per heavy atom. The Morgan fingerprint density at radius 2 is 2.08 bits per heavy atom. The first kappa shape index (κ1) is 20.0. The predicted octanol–water partition coefficient (Wildman–Crippen LogP) is 2.30. The average molecular weight is 353 g/mol. The number of carbonyl (C=O) groups excluding carboxylic acids is 1. The fraction of sp³-hybridized carbons (Fsp3) is 0.412. The van der Waals surface area contributed by atoms with E-state index in [9.17, 15) is 4.79 Å². The Balaban J connectivity index is 0.00000288. The molecule has 6 nitrogen and oxygen atoms in total. The van der Waals surface area contributed by atoms with Gasteiger partial charge in [0.2, 0.25) is 5.91 Å². The number of carbonyl (C=O) groups is 1. The van der Waals surface area contributed by atoms with Gasteiger partial charge in [0.05, 0.1) is 19.3 Å². The lowest BCUT2D eigenvalue weighted by Crippen LogP contribution is -2.37. The third-order valence-corrected chi connectivity index (χ3v) is 3.82. The molecule has 0 radical (unpaired) electrons. The Labute approximate surface area is 149 Å². The highest BCUT2D eigenvalue weighted by atomic mass is 35.5. The van der Waals surface area contributed by atoms with Crippen LogP contribution in [0.4, 0.5) is 0 Å². The van der Waals surface area contributed by atoms with Crippen LogP contribution >= 0.6 is 12.4 Å². The van der Waals surface area contributed by atoms with E-state index < -0.39 is 6.04 Å². The van der Waals surface area contributed by atoms with Gasteiger partial charge in [0.15, 0.2) is 0 Å². The van der Waals surface area contributed by atoms with Crippen LogP contribution in [0.15, 0.2) is 30.6 Å². The van der Waals surface area contributed by atoms with Gasteiger partial charge >= 0.3 is 0 Å². The van der Waals surface area contributed by atoms with E-state index in [1.165, 1.54) is 0 Å². The molecule has 0 fully saturated rings. The first-order valence-electron chi connectivity index (χ1n) is 7.57. The second-order valence-corrected chi connectivity index (χ2v) is 5.64. The van der Waals surface area contributed by atoms with Gasteiger partial charge in [0.1, 0.15) is 11.8 Å². The highest BCUT2D eigenvalue weighted by Crippen LogP contribution is 2.26.